The molecule has 8 heteroatoms. The van der Waals surface area contributed by atoms with Crippen molar-refractivity contribution >= 4 is 23.4 Å². The lowest BCUT2D eigenvalue weighted by molar-refractivity contribution is -0.115. The Balaban J connectivity index is 1.57. The molecule has 0 bridgehead atoms. The standard InChI is InChI=1S/C20H18N4O3S/c1-13(19(25)22-16-5-3-4-15(10-16)12-21)28-20-24-23-18(27-20)11-14-6-8-17(26-2)9-7-14/h3-10,13H,11H2,1-2H3,(H,22,25)/t13-/m0/s1. The van der Waals surface area contributed by atoms with E-state index in [-0.39, 0.29) is 5.91 Å². The molecule has 1 atom stereocenters. The lowest BCUT2D eigenvalue weighted by atomic mass is 10.1. The van der Waals surface area contributed by atoms with E-state index in [0.29, 0.717) is 28.8 Å². The fourth-order valence-corrected chi connectivity index (χ4v) is 3.09. The number of carbonyl (C=O) groups is 1. The molecule has 28 heavy (non-hydrogen) atoms. The first-order chi connectivity index (χ1) is 13.6. The second-order valence-corrected chi connectivity index (χ2v) is 7.22. The molecule has 1 amide bonds. The van der Waals surface area contributed by atoms with Gasteiger partial charge in [-0.25, -0.2) is 0 Å². The summed E-state index contributed by atoms with van der Waals surface area (Å²) in [6.07, 6.45) is 0.499. The summed E-state index contributed by atoms with van der Waals surface area (Å²) < 4.78 is 10.8. The van der Waals surface area contributed by atoms with E-state index in [9.17, 15) is 4.79 Å². The lowest BCUT2D eigenvalue weighted by Gasteiger charge is -2.09. The van der Waals surface area contributed by atoms with Crippen molar-refractivity contribution < 1.29 is 13.9 Å². The van der Waals surface area contributed by atoms with Crippen molar-refractivity contribution in [3.63, 3.8) is 0 Å². The first kappa shape index (κ1) is 19.5. The second-order valence-electron chi connectivity index (χ2n) is 5.93. The number of amides is 1. The average molecular weight is 394 g/mol. The van der Waals surface area contributed by atoms with Gasteiger partial charge in [-0.1, -0.05) is 30.0 Å². The number of nitrogens with zero attached hydrogens (tertiary/aromatic N) is 3. The summed E-state index contributed by atoms with van der Waals surface area (Å²) in [5.41, 5.74) is 2.07. The molecule has 1 aromatic heterocycles. The number of hydrogen-bond acceptors (Lipinski definition) is 7. The van der Waals surface area contributed by atoms with Crippen LogP contribution in [-0.4, -0.2) is 28.5 Å². The van der Waals surface area contributed by atoms with E-state index in [1.54, 1.807) is 38.3 Å². The Bertz CT molecular complexity index is 995. The number of hydrogen-bond donors (Lipinski definition) is 1. The predicted molar refractivity (Wildman–Crippen MR) is 105 cm³/mol. The van der Waals surface area contributed by atoms with Gasteiger partial charge in [0.25, 0.3) is 5.22 Å². The number of ether oxygens (including phenoxy) is 1. The molecular weight excluding hydrogens is 376 g/mol. The molecule has 0 spiro atoms. The van der Waals surface area contributed by atoms with E-state index in [1.807, 2.05) is 30.3 Å². The van der Waals surface area contributed by atoms with Crippen LogP contribution < -0.4 is 10.1 Å². The monoisotopic (exact) mass is 394 g/mol. The maximum atomic E-state index is 12.4. The van der Waals surface area contributed by atoms with Gasteiger partial charge < -0.3 is 14.5 Å². The minimum atomic E-state index is -0.444. The van der Waals surface area contributed by atoms with Gasteiger partial charge in [0.2, 0.25) is 11.8 Å². The minimum absolute atomic E-state index is 0.213. The van der Waals surface area contributed by atoms with Crippen LogP contribution in [0.15, 0.2) is 58.2 Å². The van der Waals surface area contributed by atoms with Crippen LogP contribution >= 0.6 is 11.8 Å². The molecule has 3 rings (SSSR count). The van der Waals surface area contributed by atoms with Crippen molar-refractivity contribution in [1.82, 2.24) is 10.2 Å². The molecule has 0 saturated carbocycles. The van der Waals surface area contributed by atoms with Crippen LogP contribution in [0, 0.1) is 11.3 Å². The van der Waals surface area contributed by atoms with Crippen LogP contribution in [-0.2, 0) is 11.2 Å². The summed E-state index contributed by atoms with van der Waals surface area (Å²) in [4.78, 5) is 12.4. The lowest BCUT2D eigenvalue weighted by Crippen LogP contribution is -2.22. The maximum Gasteiger partial charge on any atom is 0.277 e. The summed E-state index contributed by atoms with van der Waals surface area (Å²) in [5.74, 6) is 1.04. The molecule has 1 heterocycles. The zero-order chi connectivity index (χ0) is 19.9. The van der Waals surface area contributed by atoms with Crippen molar-refractivity contribution in [3.05, 3.63) is 65.5 Å². The molecule has 0 aliphatic carbocycles. The van der Waals surface area contributed by atoms with E-state index < -0.39 is 5.25 Å². The average Bonchev–Trinajstić information content (AvgIpc) is 3.15. The zero-order valence-electron chi connectivity index (χ0n) is 15.4. The van der Waals surface area contributed by atoms with Crippen molar-refractivity contribution in [1.29, 1.82) is 5.26 Å². The molecule has 0 aliphatic heterocycles. The highest BCUT2D eigenvalue weighted by Crippen LogP contribution is 2.24. The minimum Gasteiger partial charge on any atom is -0.497 e. The number of benzene rings is 2. The third-order valence-corrected chi connectivity index (χ3v) is 4.80. The molecule has 3 aromatic rings. The van der Waals surface area contributed by atoms with Gasteiger partial charge in [-0.05, 0) is 42.8 Å². The Morgan fingerprint density at radius 1 is 1.29 bits per heavy atom. The molecule has 142 valence electrons. The normalized spacial score (nSPS) is 11.5. The molecule has 0 radical (unpaired) electrons. The van der Waals surface area contributed by atoms with E-state index >= 15 is 0 Å². The van der Waals surface area contributed by atoms with E-state index in [0.717, 1.165) is 11.3 Å². The highest BCUT2D eigenvalue weighted by molar-refractivity contribution is 8.00. The first-order valence-electron chi connectivity index (χ1n) is 8.50. The highest BCUT2D eigenvalue weighted by Gasteiger charge is 2.18. The van der Waals surface area contributed by atoms with Gasteiger partial charge in [0.05, 0.1) is 30.4 Å². The van der Waals surface area contributed by atoms with Gasteiger partial charge >= 0.3 is 0 Å². The third-order valence-electron chi connectivity index (χ3n) is 3.87. The number of rotatable bonds is 7. The molecule has 0 fully saturated rings. The van der Waals surface area contributed by atoms with Gasteiger partial charge in [0.1, 0.15) is 5.75 Å². The van der Waals surface area contributed by atoms with Crippen LogP contribution in [0.5, 0.6) is 5.75 Å². The van der Waals surface area contributed by atoms with Gasteiger partial charge in [0, 0.05) is 5.69 Å². The van der Waals surface area contributed by atoms with Gasteiger partial charge in [-0.3, -0.25) is 4.79 Å². The third kappa shape index (κ3) is 5.11. The number of nitriles is 1. The van der Waals surface area contributed by atoms with Crippen molar-refractivity contribution in [2.24, 2.45) is 0 Å². The van der Waals surface area contributed by atoms with Crippen LogP contribution in [0.4, 0.5) is 5.69 Å². The number of methoxy groups -OCH3 is 1. The van der Waals surface area contributed by atoms with E-state index in [1.165, 1.54) is 11.8 Å². The van der Waals surface area contributed by atoms with Crippen molar-refractivity contribution in [3.8, 4) is 11.8 Å². The molecular formula is C20H18N4O3S. The van der Waals surface area contributed by atoms with Crippen LogP contribution in [0.25, 0.3) is 0 Å². The molecule has 7 nitrogen and oxygen atoms in total. The zero-order valence-corrected chi connectivity index (χ0v) is 16.2. The van der Waals surface area contributed by atoms with Gasteiger partial charge in [-0.15, -0.1) is 10.2 Å². The second kappa shape index (κ2) is 9.06. The maximum absolute atomic E-state index is 12.4. The largest absolute Gasteiger partial charge is 0.497 e. The fraction of sp³-hybridized carbons (Fsp3) is 0.200. The Morgan fingerprint density at radius 2 is 2.07 bits per heavy atom. The smallest absolute Gasteiger partial charge is 0.277 e. The summed E-state index contributed by atoms with van der Waals surface area (Å²) in [5, 5.41) is 19.6. The SMILES string of the molecule is COc1ccc(Cc2nnc(S[C@@H](C)C(=O)Nc3cccc(C#N)c3)o2)cc1. The number of carbonyl (C=O) groups excluding carboxylic acids is 1. The Kier molecular flexibility index (Phi) is 6.29. The highest BCUT2D eigenvalue weighted by atomic mass is 32.2. The number of thioether (sulfide) groups is 1. The molecule has 2 aromatic carbocycles. The summed E-state index contributed by atoms with van der Waals surface area (Å²) >= 11 is 1.18. The molecule has 0 saturated heterocycles. The van der Waals surface area contributed by atoms with Crippen molar-refractivity contribution in [2.75, 3.05) is 12.4 Å². The Labute approximate surface area is 166 Å². The number of aromatic nitrogens is 2. The number of nitrogens with one attached hydrogen (secondary N) is 1. The first-order valence-corrected chi connectivity index (χ1v) is 9.38. The van der Waals surface area contributed by atoms with Crippen LogP contribution in [0.3, 0.4) is 0 Å². The van der Waals surface area contributed by atoms with E-state index in [2.05, 4.69) is 15.5 Å². The summed E-state index contributed by atoms with van der Waals surface area (Å²) in [6.45, 7) is 1.75. The quantitative estimate of drug-likeness (QED) is 0.610. The van der Waals surface area contributed by atoms with E-state index in [4.69, 9.17) is 14.4 Å². The van der Waals surface area contributed by atoms with Crippen molar-refractivity contribution in [2.45, 2.75) is 23.8 Å². The van der Waals surface area contributed by atoms with Crippen LogP contribution in [0.1, 0.15) is 23.9 Å². The van der Waals surface area contributed by atoms with Gasteiger partial charge in [-0.2, -0.15) is 5.26 Å². The molecule has 0 aliphatic rings. The molecule has 0 unspecified atom stereocenters. The summed E-state index contributed by atoms with van der Waals surface area (Å²) in [7, 11) is 1.62. The number of anilines is 1. The fourth-order valence-electron chi connectivity index (χ4n) is 2.39. The van der Waals surface area contributed by atoms with Crippen LogP contribution in [0.2, 0.25) is 0 Å². The topological polar surface area (TPSA) is 101 Å². The summed E-state index contributed by atoms with van der Waals surface area (Å²) in [6, 6.07) is 16.4. The molecule has 1 N–H and O–H groups in total. The Morgan fingerprint density at radius 3 is 2.79 bits per heavy atom. The van der Waals surface area contributed by atoms with Gasteiger partial charge in [0.15, 0.2) is 0 Å². The Hall–Kier alpha value is -3.31. The predicted octanol–water partition coefficient (Wildman–Crippen LogP) is 3.66.